The first-order valence-corrected chi connectivity index (χ1v) is 5.00. The summed E-state index contributed by atoms with van der Waals surface area (Å²) in [6.45, 7) is 0. The van der Waals surface area contributed by atoms with E-state index >= 15 is 0 Å². The van der Waals surface area contributed by atoms with Crippen molar-refractivity contribution in [1.29, 1.82) is 0 Å². The standard InChI is InChI=1S/C11H9F5N2/c12-10(13,11(14,15)16)9(17)7-2-1-6-3-4-18-8(6)5-7/h1-5,9,18H,17H2/t9-/m0/s1. The van der Waals surface area contributed by atoms with Crippen LogP contribution in [-0.4, -0.2) is 17.1 Å². The van der Waals surface area contributed by atoms with Gasteiger partial charge in [0.1, 0.15) is 6.04 Å². The lowest BCUT2D eigenvalue weighted by molar-refractivity contribution is -0.290. The van der Waals surface area contributed by atoms with Gasteiger partial charge in [0.2, 0.25) is 0 Å². The predicted octanol–water partition coefficient (Wildman–Crippen LogP) is 3.37. The molecule has 1 atom stereocenters. The number of fused-ring (bicyclic) bond motifs is 1. The summed E-state index contributed by atoms with van der Waals surface area (Å²) in [7, 11) is 0. The van der Waals surface area contributed by atoms with Gasteiger partial charge in [-0.25, -0.2) is 0 Å². The molecule has 0 aliphatic heterocycles. The van der Waals surface area contributed by atoms with E-state index in [2.05, 4.69) is 4.98 Å². The number of hydrogen-bond donors (Lipinski definition) is 2. The lowest BCUT2D eigenvalue weighted by Gasteiger charge is -2.25. The van der Waals surface area contributed by atoms with Crippen LogP contribution in [0.15, 0.2) is 30.5 Å². The number of rotatable bonds is 2. The quantitative estimate of drug-likeness (QED) is 0.802. The predicted molar refractivity (Wildman–Crippen MR) is 56.2 cm³/mol. The summed E-state index contributed by atoms with van der Waals surface area (Å²) in [5.74, 6) is -4.97. The second kappa shape index (κ2) is 3.94. The van der Waals surface area contributed by atoms with Crippen LogP contribution in [0.3, 0.4) is 0 Å². The molecule has 1 aromatic heterocycles. The number of benzene rings is 1. The molecule has 0 amide bonds. The Morgan fingerprint density at radius 3 is 2.33 bits per heavy atom. The molecule has 2 aromatic rings. The van der Waals surface area contributed by atoms with Gasteiger partial charge in [0.05, 0.1) is 0 Å². The van der Waals surface area contributed by atoms with E-state index in [9.17, 15) is 22.0 Å². The highest BCUT2D eigenvalue weighted by atomic mass is 19.4. The molecule has 0 aliphatic carbocycles. The van der Waals surface area contributed by atoms with Gasteiger partial charge in [-0.05, 0) is 23.1 Å². The smallest absolute Gasteiger partial charge is 0.361 e. The lowest BCUT2D eigenvalue weighted by atomic mass is 10.00. The summed E-state index contributed by atoms with van der Waals surface area (Å²) < 4.78 is 62.7. The number of aromatic nitrogens is 1. The molecule has 2 rings (SSSR count). The average molecular weight is 264 g/mol. The molecule has 0 saturated carbocycles. The van der Waals surface area contributed by atoms with Crippen molar-refractivity contribution >= 4 is 10.9 Å². The summed E-state index contributed by atoms with van der Waals surface area (Å²) in [6.07, 6.45) is -4.11. The number of H-pyrrole nitrogens is 1. The summed E-state index contributed by atoms with van der Waals surface area (Å²) in [5.41, 5.74) is 5.22. The van der Waals surface area contributed by atoms with Gasteiger partial charge in [0.15, 0.2) is 0 Å². The van der Waals surface area contributed by atoms with E-state index in [1.807, 2.05) is 0 Å². The van der Waals surface area contributed by atoms with Gasteiger partial charge in [0, 0.05) is 11.7 Å². The van der Waals surface area contributed by atoms with Crippen LogP contribution >= 0.6 is 0 Å². The summed E-state index contributed by atoms with van der Waals surface area (Å²) in [5, 5.41) is 0.710. The van der Waals surface area contributed by atoms with Gasteiger partial charge in [-0.15, -0.1) is 0 Å². The molecule has 0 fully saturated rings. The topological polar surface area (TPSA) is 41.8 Å². The lowest BCUT2D eigenvalue weighted by Crippen LogP contribution is -2.45. The highest BCUT2D eigenvalue weighted by molar-refractivity contribution is 5.80. The zero-order valence-corrected chi connectivity index (χ0v) is 8.93. The fourth-order valence-electron chi connectivity index (χ4n) is 1.64. The second-order valence-electron chi connectivity index (χ2n) is 3.92. The monoisotopic (exact) mass is 264 g/mol. The first kappa shape index (κ1) is 12.8. The molecule has 2 nitrogen and oxygen atoms in total. The fraction of sp³-hybridized carbons (Fsp3) is 0.273. The van der Waals surface area contributed by atoms with Crippen molar-refractivity contribution < 1.29 is 22.0 Å². The molecule has 1 aromatic carbocycles. The third-order valence-corrected chi connectivity index (χ3v) is 2.71. The Bertz CT molecular complexity index is 558. The van der Waals surface area contributed by atoms with Crippen molar-refractivity contribution in [3.05, 3.63) is 36.0 Å². The fourth-order valence-corrected chi connectivity index (χ4v) is 1.64. The van der Waals surface area contributed by atoms with Gasteiger partial charge in [-0.1, -0.05) is 12.1 Å². The average Bonchev–Trinajstić information content (AvgIpc) is 2.73. The maximum atomic E-state index is 13.1. The summed E-state index contributed by atoms with van der Waals surface area (Å²) in [6, 6.07) is 3.05. The summed E-state index contributed by atoms with van der Waals surface area (Å²) >= 11 is 0. The number of halogens is 5. The Kier molecular flexibility index (Phi) is 2.81. The van der Waals surface area contributed by atoms with E-state index < -0.39 is 18.1 Å². The first-order valence-electron chi connectivity index (χ1n) is 5.00. The zero-order chi connectivity index (χ0) is 13.6. The number of alkyl halides is 5. The number of nitrogens with two attached hydrogens (primary N) is 1. The van der Waals surface area contributed by atoms with Gasteiger partial charge in [-0.3, -0.25) is 0 Å². The van der Waals surface area contributed by atoms with Crippen molar-refractivity contribution in [3.63, 3.8) is 0 Å². The van der Waals surface area contributed by atoms with Crippen molar-refractivity contribution in [2.45, 2.75) is 18.1 Å². The van der Waals surface area contributed by atoms with Gasteiger partial charge in [-0.2, -0.15) is 22.0 Å². The normalized spacial score (nSPS) is 15.0. The van der Waals surface area contributed by atoms with E-state index in [-0.39, 0.29) is 5.56 Å². The minimum absolute atomic E-state index is 0.271. The second-order valence-corrected chi connectivity index (χ2v) is 3.92. The maximum Gasteiger partial charge on any atom is 0.455 e. The molecule has 18 heavy (non-hydrogen) atoms. The SMILES string of the molecule is N[C@@H](c1ccc2cc[nH]c2c1)C(F)(F)C(F)(F)F. The van der Waals surface area contributed by atoms with Gasteiger partial charge >= 0.3 is 12.1 Å². The van der Waals surface area contributed by atoms with Crippen LogP contribution in [-0.2, 0) is 0 Å². The largest absolute Gasteiger partial charge is 0.455 e. The Balaban J connectivity index is 2.41. The summed E-state index contributed by atoms with van der Waals surface area (Å²) in [4.78, 5) is 2.72. The molecular weight excluding hydrogens is 255 g/mol. The Hall–Kier alpha value is -1.63. The molecule has 0 bridgehead atoms. The molecule has 0 spiro atoms. The van der Waals surface area contributed by atoms with Crippen LogP contribution in [0, 0.1) is 0 Å². The minimum Gasteiger partial charge on any atom is -0.361 e. The molecular formula is C11H9F5N2. The van der Waals surface area contributed by atoms with Crippen LogP contribution in [0.1, 0.15) is 11.6 Å². The van der Waals surface area contributed by atoms with Crippen LogP contribution in [0.2, 0.25) is 0 Å². The van der Waals surface area contributed by atoms with Crippen molar-refractivity contribution in [2.75, 3.05) is 0 Å². The van der Waals surface area contributed by atoms with Crippen molar-refractivity contribution in [3.8, 4) is 0 Å². The molecule has 0 saturated heterocycles. The van der Waals surface area contributed by atoms with Crippen molar-refractivity contribution in [1.82, 2.24) is 4.98 Å². The van der Waals surface area contributed by atoms with E-state index in [1.165, 1.54) is 18.2 Å². The number of hydrogen-bond acceptors (Lipinski definition) is 1. The number of nitrogens with one attached hydrogen (secondary N) is 1. The van der Waals surface area contributed by atoms with Crippen LogP contribution in [0.25, 0.3) is 10.9 Å². The Morgan fingerprint density at radius 2 is 1.72 bits per heavy atom. The Morgan fingerprint density at radius 1 is 1.06 bits per heavy atom. The third kappa shape index (κ3) is 1.94. The van der Waals surface area contributed by atoms with Crippen LogP contribution in [0.5, 0.6) is 0 Å². The van der Waals surface area contributed by atoms with E-state index in [0.29, 0.717) is 10.9 Å². The van der Waals surface area contributed by atoms with Gasteiger partial charge in [0.25, 0.3) is 0 Å². The van der Waals surface area contributed by atoms with Crippen LogP contribution in [0.4, 0.5) is 22.0 Å². The highest BCUT2D eigenvalue weighted by Crippen LogP contribution is 2.43. The molecule has 98 valence electrons. The van der Waals surface area contributed by atoms with Gasteiger partial charge < -0.3 is 10.7 Å². The van der Waals surface area contributed by atoms with E-state index in [1.54, 1.807) is 12.3 Å². The van der Waals surface area contributed by atoms with E-state index in [4.69, 9.17) is 5.73 Å². The minimum atomic E-state index is -5.67. The molecule has 0 unspecified atom stereocenters. The first-order chi connectivity index (χ1) is 8.23. The Labute approximate surface area is 98.6 Å². The molecule has 3 N–H and O–H groups in total. The number of aromatic amines is 1. The molecule has 0 aliphatic rings. The van der Waals surface area contributed by atoms with Crippen molar-refractivity contribution in [2.24, 2.45) is 5.73 Å². The highest BCUT2D eigenvalue weighted by Gasteiger charge is 2.61. The third-order valence-electron chi connectivity index (χ3n) is 2.71. The molecule has 0 radical (unpaired) electrons. The maximum absolute atomic E-state index is 13.1. The van der Waals surface area contributed by atoms with E-state index in [0.717, 1.165) is 0 Å². The molecule has 7 heteroatoms. The molecule has 1 heterocycles. The van der Waals surface area contributed by atoms with Crippen LogP contribution < -0.4 is 5.73 Å². The zero-order valence-electron chi connectivity index (χ0n) is 8.93.